The Morgan fingerprint density at radius 3 is 2.67 bits per heavy atom. The molecule has 0 saturated heterocycles. The first kappa shape index (κ1) is 15.1. The molecule has 1 rings (SSSR count). The van der Waals surface area contributed by atoms with E-state index < -0.39 is 10.0 Å². The Labute approximate surface area is 115 Å². The van der Waals surface area contributed by atoms with Crippen molar-refractivity contribution in [3.05, 3.63) is 24.3 Å². The zero-order valence-electron chi connectivity index (χ0n) is 9.73. The molecule has 0 heterocycles. The molecule has 0 saturated carbocycles. The normalized spacial score (nSPS) is 11.2. The molecule has 0 aliphatic carbocycles. The van der Waals surface area contributed by atoms with E-state index in [0.29, 0.717) is 12.1 Å². The topological polar surface area (TPSA) is 89.3 Å². The molecule has 3 N–H and O–H groups in total. The molecular weight excluding hydrogens is 320 g/mol. The number of nitrogens with one attached hydrogen (secondary N) is 1. The lowest BCUT2D eigenvalue weighted by atomic mass is 10.2. The van der Waals surface area contributed by atoms with Crippen LogP contribution in [0, 0.1) is 0 Å². The van der Waals surface area contributed by atoms with Gasteiger partial charge in [0.25, 0.3) is 0 Å². The highest BCUT2D eigenvalue weighted by molar-refractivity contribution is 9.09. The van der Waals surface area contributed by atoms with Gasteiger partial charge in [-0.3, -0.25) is 4.79 Å². The number of anilines is 1. The molecule has 1 aromatic carbocycles. The number of hydrogen-bond acceptors (Lipinski definition) is 3. The number of sulfonamides is 1. The predicted molar refractivity (Wildman–Crippen MR) is 74.1 cm³/mol. The fourth-order valence-electron chi connectivity index (χ4n) is 1.35. The number of amides is 1. The monoisotopic (exact) mass is 334 g/mol. The molecule has 100 valence electrons. The van der Waals surface area contributed by atoms with Crippen LogP contribution in [0.25, 0.3) is 0 Å². The van der Waals surface area contributed by atoms with Crippen molar-refractivity contribution in [1.29, 1.82) is 0 Å². The Hall–Kier alpha value is -0.920. The molecule has 0 aromatic heterocycles. The van der Waals surface area contributed by atoms with E-state index in [0.717, 1.165) is 18.2 Å². The number of nitrogens with two attached hydrogens (primary N) is 1. The average molecular weight is 335 g/mol. The number of carbonyl (C=O) groups excluding carboxylic acids is 1. The van der Waals surface area contributed by atoms with Crippen molar-refractivity contribution in [2.75, 3.05) is 10.6 Å². The second kappa shape index (κ2) is 6.86. The molecule has 0 radical (unpaired) electrons. The first-order valence-corrected chi connectivity index (χ1v) is 8.09. The van der Waals surface area contributed by atoms with Crippen molar-refractivity contribution >= 4 is 37.5 Å². The summed E-state index contributed by atoms with van der Waals surface area (Å²) in [5, 5.41) is 8.51. The van der Waals surface area contributed by atoms with Crippen molar-refractivity contribution in [1.82, 2.24) is 0 Å². The van der Waals surface area contributed by atoms with Crippen LogP contribution in [0.3, 0.4) is 0 Å². The number of primary sulfonamides is 1. The van der Waals surface area contributed by atoms with Crippen molar-refractivity contribution in [2.45, 2.75) is 24.2 Å². The third-order valence-electron chi connectivity index (χ3n) is 2.23. The summed E-state index contributed by atoms with van der Waals surface area (Å²) >= 11 is 3.29. The van der Waals surface area contributed by atoms with Gasteiger partial charge in [0, 0.05) is 17.4 Å². The molecule has 0 aliphatic rings. The number of benzene rings is 1. The molecule has 0 bridgehead atoms. The van der Waals surface area contributed by atoms with Gasteiger partial charge in [-0.1, -0.05) is 22.0 Å². The number of hydrogen-bond donors (Lipinski definition) is 2. The number of rotatable bonds is 6. The number of alkyl halides is 1. The molecule has 7 heteroatoms. The molecule has 1 aromatic rings. The maximum atomic E-state index is 11.5. The largest absolute Gasteiger partial charge is 0.326 e. The smallest absolute Gasteiger partial charge is 0.238 e. The van der Waals surface area contributed by atoms with Crippen molar-refractivity contribution in [2.24, 2.45) is 5.14 Å². The van der Waals surface area contributed by atoms with Gasteiger partial charge in [-0.25, -0.2) is 13.6 Å². The SMILES string of the molecule is NS(=O)(=O)c1cccc(NC(=O)CCCCBr)c1. The molecular formula is C11H15BrN2O3S. The average Bonchev–Trinajstić information content (AvgIpc) is 2.28. The van der Waals surface area contributed by atoms with Crippen molar-refractivity contribution in [3.8, 4) is 0 Å². The molecule has 0 atom stereocenters. The fourth-order valence-corrected chi connectivity index (χ4v) is 2.31. The first-order valence-electron chi connectivity index (χ1n) is 5.42. The standard InChI is InChI=1S/C11H15BrN2O3S/c12-7-2-1-6-11(15)14-9-4-3-5-10(8-9)18(13,16)17/h3-5,8H,1-2,6-7H2,(H,14,15)(H2,13,16,17). The van der Waals surface area contributed by atoms with Gasteiger partial charge in [0.1, 0.15) is 0 Å². The maximum Gasteiger partial charge on any atom is 0.238 e. The van der Waals surface area contributed by atoms with Gasteiger partial charge < -0.3 is 5.32 Å². The summed E-state index contributed by atoms with van der Waals surface area (Å²) in [6.45, 7) is 0. The van der Waals surface area contributed by atoms with Crippen LogP contribution >= 0.6 is 15.9 Å². The lowest BCUT2D eigenvalue weighted by molar-refractivity contribution is -0.116. The molecule has 0 fully saturated rings. The summed E-state index contributed by atoms with van der Waals surface area (Å²) in [6.07, 6.45) is 2.11. The predicted octanol–water partition coefficient (Wildman–Crippen LogP) is 1.84. The lowest BCUT2D eigenvalue weighted by Gasteiger charge is -2.06. The highest BCUT2D eigenvalue weighted by Gasteiger charge is 2.09. The minimum absolute atomic E-state index is 0.0132. The third kappa shape index (κ3) is 5.16. The molecule has 5 nitrogen and oxygen atoms in total. The summed E-state index contributed by atoms with van der Waals surface area (Å²) in [4.78, 5) is 11.5. The van der Waals surface area contributed by atoms with Gasteiger partial charge in [0.15, 0.2) is 0 Å². The van der Waals surface area contributed by atoms with Crippen LogP contribution in [0.1, 0.15) is 19.3 Å². The van der Waals surface area contributed by atoms with Gasteiger partial charge in [0.05, 0.1) is 4.90 Å². The Balaban J connectivity index is 2.65. The summed E-state index contributed by atoms with van der Waals surface area (Å²) in [5.74, 6) is -0.137. The van der Waals surface area contributed by atoms with Gasteiger partial charge in [0.2, 0.25) is 15.9 Å². The summed E-state index contributed by atoms with van der Waals surface area (Å²) in [5.41, 5.74) is 0.436. The Morgan fingerprint density at radius 1 is 1.33 bits per heavy atom. The van der Waals surface area contributed by atoms with Crippen LogP contribution in [0.2, 0.25) is 0 Å². The van der Waals surface area contributed by atoms with Gasteiger partial charge in [-0.15, -0.1) is 0 Å². The summed E-state index contributed by atoms with van der Waals surface area (Å²) in [7, 11) is -3.74. The van der Waals surface area contributed by atoms with Crippen molar-refractivity contribution in [3.63, 3.8) is 0 Å². The number of unbranched alkanes of at least 4 members (excludes halogenated alkanes) is 1. The number of carbonyl (C=O) groups is 1. The maximum absolute atomic E-state index is 11.5. The Bertz CT molecular complexity index is 517. The van der Waals surface area contributed by atoms with E-state index in [9.17, 15) is 13.2 Å². The lowest BCUT2D eigenvalue weighted by Crippen LogP contribution is -2.14. The zero-order valence-corrected chi connectivity index (χ0v) is 12.1. The molecule has 0 aliphatic heterocycles. The van der Waals surface area contributed by atoms with E-state index in [-0.39, 0.29) is 10.8 Å². The molecule has 1 amide bonds. The minimum Gasteiger partial charge on any atom is -0.326 e. The van der Waals surface area contributed by atoms with Crippen LogP contribution in [0.15, 0.2) is 29.2 Å². The summed E-state index contributed by atoms with van der Waals surface area (Å²) in [6, 6.07) is 5.89. The van der Waals surface area contributed by atoms with E-state index in [1.807, 2.05) is 0 Å². The Morgan fingerprint density at radius 2 is 2.06 bits per heavy atom. The van der Waals surface area contributed by atoms with Crippen LogP contribution < -0.4 is 10.5 Å². The van der Waals surface area contributed by atoms with Gasteiger partial charge in [-0.05, 0) is 31.0 Å². The van der Waals surface area contributed by atoms with Gasteiger partial charge >= 0.3 is 0 Å². The first-order chi connectivity index (χ1) is 8.43. The zero-order chi connectivity index (χ0) is 13.6. The highest BCUT2D eigenvalue weighted by Crippen LogP contribution is 2.14. The van der Waals surface area contributed by atoms with E-state index >= 15 is 0 Å². The second-order valence-electron chi connectivity index (χ2n) is 3.77. The van der Waals surface area contributed by atoms with Crippen molar-refractivity contribution < 1.29 is 13.2 Å². The number of halogens is 1. The Kier molecular flexibility index (Phi) is 5.77. The second-order valence-corrected chi connectivity index (χ2v) is 6.12. The van der Waals surface area contributed by atoms with E-state index in [2.05, 4.69) is 21.2 Å². The molecule has 18 heavy (non-hydrogen) atoms. The quantitative estimate of drug-likeness (QED) is 0.614. The van der Waals surface area contributed by atoms with E-state index in [4.69, 9.17) is 5.14 Å². The van der Waals surface area contributed by atoms with E-state index in [1.54, 1.807) is 6.07 Å². The minimum atomic E-state index is -3.74. The highest BCUT2D eigenvalue weighted by atomic mass is 79.9. The third-order valence-corrected chi connectivity index (χ3v) is 3.71. The van der Waals surface area contributed by atoms with E-state index in [1.165, 1.54) is 18.2 Å². The molecule has 0 unspecified atom stereocenters. The van der Waals surface area contributed by atoms with Crippen LogP contribution in [-0.4, -0.2) is 19.7 Å². The fraction of sp³-hybridized carbons (Fsp3) is 0.364. The van der Waals surface area contributed by atoms with Crippen LogP contribution in [-0.2, 0) is 14.8 Å². The summed E-state index contributed by atoms with van der Waals surface area (Å²) < 4.78 is 22.3. The van der Waals surface area contributed by atoms with Gasteiger partial charge in [-0.2, -0.15) is 0 Å². The van der Waals surface area contributed by atoms with Crippen LogP contribution in [0.5, 0.6) is 0 Å². The van der Waals surface area contributed by atoms with Crippen LogP contribution in [0.4, 0.5) is 5.69 Å². The molecule has 0 spiro atoms.